The van der Waals surface area contributed by atoms with Crippen molar-refractivity contribution in [2.24, 2.45) is 11.7 Å². The SMILES string of the molecule is Cc1cccc(C(N)CCC2CCCC2)c1C. The van der Waals surface area contributed by atoms with Crippen LogP contribution in [0.5, 0.6) is 0 Å². The quantitative estimate of drug-likeness (QED) is 0.822. The lowest BCUT2D eigenvalue weighted by Gasteiger charge is -2.18. The largest absolute Gasteiger partial charge is 0.324 e. The standard InChI is InChI=1S/C16H25N/c1-12-6-5-9-15(13(12)2)16(17)11-10-14-7-3-4-8-14/h5-6,9,14,16H,3-4,7-8,10-11,17H2,1-2H3. The topological polar surface area (TPSA) is 26.0 Å². The van der Waals surface area contributed by atoms with Crippen LogP contribution in [0.2, 0.25) is 0 Å². The van der Waals surface area contributed by atoms with Crippen molar-refractivity contribution in [2.75, 3.05) is 0 Å². The third kappa shape index (κ3) is 3.10. The van der Waals surface area contributed by atoms with E-state index in [2.05, 4.69) is 32.0 Å². The minimum atomic E-state index is 0.232. The third-order valence-corrected chi connectivity index (χ3v) is 4.41. The number of aryl methyl sites for hydroxylation is 1. The second kappa shape index (κ2) is 5.68. The van der Waals surface area contributed by atoms with Gasteiger partial charge in [-0.15, -0.1) is 0 Å². The van der Waals surface area contributed by atoms with Crippen LogP contribution in [0.25, 0.3) is 0 Å². The minimum Gasteiger partial charge on any atom is -0.324 e. The number of nitrogens with two attached hydrogens (primary N) is 1. The molecule has 1 aliphatic rings. The summed E-state index contributed by atoms with van der Waals surface area (Å²) in [5, 5.41) is 0. The van der Waals surface area contributed by atoms with Crippen LogP contribution in [0.4, 0.5) is 0 Å². The molecule has 0 amide bonds. The first kappa shape index (κ1) is 12.6. The molecule has 0 saturated heterocycles. The molecule has 0 aliphatic heterocycles. The van der Waals surface area contributed by atoms with Crippen molar-refractivity contribution in [3.8, 4) is 0 Å². The highest BCUT2D eigenvalue weighted by Gasteiger charge is 2.17. The first-order valence-electron chi connectivity index (χ1n) is 7.00. The first-order valence-corrected chi connectivity index (χ1v) is 7.00. The Kier molecular flexibility index (Phi) is 4.22. The summed E-state index contributed by atoms with van der Waals surface area (Å²) in [5.74, 6) is 0.950. The molecule has 1 unspecified atom stereocenters. The molecule has 1 aliphatic carbocycles. The minimum absolute atomic E-state index is 0.232. The van der Waals surface area contributed by atoms with Crippen LogP contribution in [-0.2, 0) is 0 Å². The number of benzene rings is 1. The predicted octanol–water partition coefficient (Wildman–Crippen LogP) is 4.27. The zero-order valence-corrected chi connectivity index (χ0v) is 11.2. The van der Waals surface area contributed by atoms with Crippen LogP contribution in [0.15, 0.2) is 18.2 Å². The second-order valence-electron chi connectivity index (χ2n) is 5.62. The van der Waals surface area contributed by atoms with Crippen molar-refractivity contribution in [2.45, 2.75) is 58.4 Å². The predicted molar refractivity (Wildman–Crippen MR) is 74.0 cm³/mol. The van der Waals surface area contributed by atoms with E-state index in [-0.39, 0.29) is 6.04 Å². The van der Waals surface area contributed by atoms with Gasteiger partial charge in [-0.2, -0.15) is 0 Å². The summed E-state index contributed by atoms with van der Waals surface area (Å²) in [6, 6.07) is 6.73. The monoisotopic (exact) mass is 231 g/mol. The maximum Gasteiger partial charge on any atom is 0.0297 e. The van der Waals surface area contributed by atoms with Gasteiger partial charge in [0.05, 0.1) is 0 Å². The number of hydrogen-bond acceptors (Lipinski definition) is 1. The van der Waals surface area contributed by atoms with Gasteiger partial charge in [0.2, 0.25) is 0 Å². The lowest BCUT2D eigenvalue weighted by atomic mass is 9.92. The second-order valence-corrected chi connectivity index (χ2v) is 5.62. The zero-order valence-electron chi connectivity index (χ0n) is 11.2. The molecule has 0 heterocycles. The molecule has 1 saturated carbocycles. The molecule has 17 heavy (non-hydrogen) atoms. The smallest absolute Gasteiger partial charge is 0.0297 e. The fourth-order valence-electron chi connectivity index (χ4n) is 3.05. The molecular weight excluding hydrogens is 206 g/mol. The highest BCUT2D eigenvalue weighted by molar-refractivity contribution is 5.35. The highest BCUT2D eigenvalue weighted by Crippen LogP contribution is 2.31. The Balaban J connectivity index is 1.94. The van der Waals surface area contributed by atoms with E-state index in [9.17, 15) is 0 Å². The van der Waals surface area contributed by atoms with Crippen molar-refractivity contribution in [1.82, 2.24) is 0 Å². The Labute approximate surface area is 105 Å². The van der Waals surface area contributed by atoms with E-state index < -0.39 is 0 Å². The van der Waals surface area contributed by atoms with Gasteiger partial charge in [-0.3, -0.25) is 0 Å². The van der Waals surface area contributed by atoms with Crippen LogP contribution in [0.1, 0.15) is 61.3 Å². The molecule has 1 fully saturated rings. The number of hydrogen-bond donors (Lipinski definition) is 1. The lowest BCUT2D eigenvalue weighted by molar-refractivity contribution is 0.453. The van der Waals surface area contributed by atoms with E-state index in [4.69, 9.17) is 5.73 Å². The van der Waals surface area contributed by atoms with Crippen molar-refractivity contribution < 1.29 is 0 Å². The maximum absolute atomic E-state index is 6.34. The summed E-state index contributed by atoms with van der Waals surface area (Å²) in [7, 11) is 0. The van der Waals surface area contributed by atoms with Gasteiger partial charge in [0.15, 0.2) is 0 Å². The lowest BCUT2D eigenvalue weighted by Crippen LogP contribution is -2.13. The van der Waals surface area contributed by atoms with Crippen LogP contribution >= 0.6 is 0 Å². The van der Waals surface area contributed by atoms with Gasteiger partial charge in [-0.1, -0.05) is 43.9 Å². The fraction of sp³-hybridized carbons (Fsp3) is 0.625. The molecule has 2 N–H and O–H groups in total. The maximum atomic E-state index is 6.34. The molecule has 1 aromatic rings. The Morgan fingerprint density at radius 2 is 1.94 bits per heavy atom. The van der Waals surface area contributed by atoms with Crippen LogP contribution in [0.3, 0.4) is 0 Å². The van der Waals surface area contributed by atoms with Crippen molar-refractivity contribution in [3.63, 3.8) is 0 Å². The molecule has 0 spiro atoms. The number of rotatable bonds is 4. The Morgan fingerprint density at radius 3 is 2.65 bits per heavy atom. The Morgan fingerprint density at radius 1 is 1.24 bits per heavy atom. The highest BCUT2D eigenvalue weighted by atomic mass is 14.6. The molecule has 0 radical (unpaired) electrons. The van der Waals surface area contributed by atoms with E-state index in [1.54, 1.807) is 0 Å². The molecular formula is C16H25N. The third-order valence-electron chi connectivity index (χ3n) is 4.41. The molecule has 1 heteroatoms. The van der Waals surface area contributed by atoms with Crippen LogP contribution in [-0.4, -0.2) is 0 Å². The zero-order chi connectivity index (χ0) is 12.3. The molecule has 0 aromatic heterocycles. The van der Waals surface area contributed by atoms with E-state index >= 15 is 0 Å². The van der Waals surface area contributed by atoms with E-state index in [0.717, 1.165) is 12.3 Å². The molecule has 1 aromatic carbocycles. The van der Waals surface area contributed by atoms with Gasteiger partial charge in [0.1, 0.15) is 0 Å². The summed E-state index contributed by atoms with van der Waals surface area (Å²) >= 11 is 0. The van der Waals surface area contributed by atoms with Gasteiger partial charge in [-0.05, 0) is 49.3 Å². The molecule has 0 bridgehead atoms. The Hall–Kier alpha value is -0.820. The summed E-state index contributed by atoms with van der Waals surface area (Å²) < 4.78 is 0. The molecule has 1 atom stereocenters. The van der Waals surface area contributed by atoms with Crippen molar-refractivity contribution >= 4 is 0 Å². The van der Waals surface area contributed by atoms with E-state index in [0.29, 0.717) is 0 Å². The van der Waals surface area contributed by atoms with Crippen LogP contribution < -0.4 is 5.73 Å². The van der Waals surface area contributed by atoms with E-state index in [1.165, 1.54) is 48.8 Å². The van der Waals surface area contributed by atoms with Gasteiger partial charge < -0.3 is 5.73 Å². The first-order chi connectivity index (χ1) is 8.18. The summed E-state index contributed by atoms with van der Waals surface area (Å²) in [4.78, 5) is 0. The van der Waals surface area contributed by atoms with Crippen molar-refractivity contribution in [3.05, 3.63) is 34.9 Å². The van der Waals surface area contributed by atoms with Gasteiger partial charge >= 0.3 is 0 Å². The average molecular weight is 231 g/mol. The molecule has 2 rings (SSSR count). The van der Waals surface area contributed by atoms with Gasteiger partial charge in [-0.25, -0.2) is 0 Å². The molecule has 1 nitrogen and oxygen atoms in total. The Bertz CT molecular complexity index is 364. The fourth-order valence-corrected chi connectivity index (χ4v) is 3.05. The molecule has 94 valence electrons. The van der Waals surface area contributed by atoms with Gasteiger partial charge in [0, 0.05) is 6.04 Å². The normalized spacial score (nSPS) is 18.5. The summed E-state index contributed by atoms with van der Waals surface area (Å²) in [6.45, 7) is 4.36. The van der Waals surface area contributed by atoms with Crippen LogP contribution in [0, 0.1) is 19.8 Å². The summed E-state index contributed by atoms with van der Waals surface area (Å²) in [5.41, 5.74) is 10.4. The van der Waals surface area contributed by atoms with E-state index in [1.807, 2.05) is 0 Å². The summed E-state index contributed by atoms with van der Waals surface area (Å²) in [6.07, 6.45) is 8.19. The van der Waals surface area contributed by atoms with Gasteiger partial charge in [0.25, 0.3) is 0 Å². The van der Waals surface area contributed by atoms with Crippen molar-refractivity contribution in [1.29, 1.82) is 0 Å². The average Bonchev–Trinajstić information content (AvgIpc) is 2.82.